The molecule has 154 valence electrons. The summed E-state index contributed by atoms with van der Waals surface area (Å²) in [6, 6.07) is 5.35. The molecule has 0 aliphatic carbocycles. The Hall–Kier alpha value is -3.13. The van der Waals surface area contributed by atoms with Gasteiger partial charge < -0.3 is 10.3 Å². The molecule has 1 unspecified atom stereocenters. The lowest BCUT2D eigenvalue weighted by Crippen LogP contribution is -2.61. The van der Waals surface area contributed by atoms with Crippen LogP contribution < -0.4 is 10.7 Å². The number of alkyl halides is 1. The molecule has 0 radical (unpaired) electrons. The fourth-order valence-corrected chi connectivity index (χ4v) is 4.57. The summed E-state index contributed by atoms with van der Waals surface area (Å²) >= 11 is 0. The van der Waals surface area contributed by atoms with Gasteiger partial charge in [0, 0.05) is 30.7 Å². The number of aromatic nitrogens is 5. The van der Waals surface area contributed by atoms with Crippen molar-refractivity contribution in [2.75, 3.05) is 0 Å². The number of pyridine rings is 1. The van der Waals surface area contributed by atoms with Gasteiger partial charge in [-0.2, -0.15) is 5.10 Å². The van der Waals surface area contributed by atoms with E-state index in [-0.39, 0.29) is 5.43 Å². The van der Waals surface area contributed by atoms with Crippen molar-refractivity contribution in [1.29, 1.82) is 0 Å². The fraction of sp³-hybridized carbons (Fsp3) is 0.364. The van der Waals surface area contributed by atoms with Gasteiger partial charge in [-0.1, -0.05) is 0 Å². The molecule has 3 atom stereocenters. The van der Waals surface area contributed by atoms with Crippen LogP contribution in [0.25, 0.3) is 23.2 Å². The highest BCUT2D eigenvalue weighted by atomic mass is 19.1. The summed E-state index contributed by atoms with van der Waals surface area (Å²) in [6.07, 6.45) is 11.1. The molecule has 5 rings (SSSR count). The van der Waals surface area contributed by atoms with Gasteiger partial charge in [0.25, 0.3) is 0 Å². The zero-order valence-corrected chi connectivity index (χ0v) is 16.7. The van der Waals surface area contributed by atoms with Gasteiger partial charge in [0.1, 0.15) is 18.3 Å². The van der Waals surface area contributed by atoms with Crippen molar-refractivity contribution in [3.05, 3.63) is 64.6 Å². The monoisotopic (exact) mass is 406 g/mol. The Labute approximate surface area is 173 Å². The van der Waals surface area contributed by atoms with Gasteiger partial charge in [-0.05, 0) is 56.4 Å². The first kappa shape index (κ1) is 18.9. The number of hydrogen-bond donors (Lipinski definition) is 2. The molecule has 2 N–H and O–H groups in total. The molecule has 8 heteroatoms. The van der Waals surface area contributed by atoms with Crippen LogP contribution in [-0.4, -0.2) is 42.5 Å². The molecular weight excluding hydrogens is 383 g/mol. The first-order chi connectivity index (χ1) is 14.5. The molecule has 2 saturated heterocycles. The molecular formula is C22H23FN6O. The maximum absolute atomic E-state index is 15.1. The van der Waals surface area contributed by atoms with Crippen LogP contribution in [0.1, 0.15) is 38.3 Å². The van der Waals surface area contributed by atoms with E-state index in [4.69, 9.17) is 0 Å². The van der Waals surface area contributed by atoms with E-state index >= 15 is 4.39 Å². The van der Waals surface area contributed by atoms with E-state index in [0.717, 1.165) is 24.8 Å². The van der Waals surface area contributed by atoms with Gasteiger partial charge in [-0.3, -0.25) is 9.36 Å². The number of aromatic amines is 1. The zero-order chi connectivity index (χ0) is 20.7. The van der Waals surface area contributed by atoms with Crippen molar-refractivity contribution in [1.82, 2.24) is 30.0 Å². The lowest BCUT2D eigenvalue weighted by atomic mass is 9.74. The highest BCUT2D eigenvalue weighted by molar-refractivity contribution is 5.60. The van der Waals surface area contributed by atoms with Crippen molar-refractivity contribution < 1.29 is 4.39 Å². The Morgan fingerprint density at radius 3 is 2.97 bits per heavy atom. The van der Waals surface area contributed by atoms with E-state index in [9.17, 15) is 4.79 Å². The van der Waals surface area contributed by atoms with Crippen LogP contribution in [-0.2, 0) is 0 Å². The molecule has 7 nitrogen and oxygen atoms in total. The second-order valence-electron chi connectivity index (χ2n) is 8.35. The van der Waals surface area contributed by atoms with E-state index in [1.807, 2.05) is 13.0 Å². The Balaban J connectivity index is 1.40. The Bertz CT molecular complexity index is 1140. The van der Waals surface area contributed by atoms with E-state index in [0.29, 0.717) is 35.2 Å². The van der Waals surface area contributed by atoms with Crippen LogP contribution in [0.2, 0.25) is 0 Å². The molecule has 5 heterocycles. The van der Waals surface area contributed by atoms with E-state index in [2.05, 4.69) is 25.5 Å². The molecule has 0 aromatic carbocycles. The van der Waals surface area contributed by atoms with Crippen molar-refractivity contribution >= 4 is 6.08 Å². The highest BCUT2D eigenvalue weighted by Crippen LogP contribution is 2.39. The van der Waals surface area contributed by atoms with Crippen molar-refractivity contribution in [3.8, 4) is 17.1 Å². The van der Waals surface area contributed by atoms with Gasteiger partial charge in [-0.25, -0.2) is 9.37 Å². The number of nitrogens with one attached hydrogen (secondary N) is 2. The Kier molecular flexibility index (Phi) is 4.58. The minimum absolute atomic E-state index is 0.166. The summed E-state index contributed by atoms with van der Waals surface area (Å²) < 4.78 is 16.8. The first-order valence-electron chi connectivity index (χ1n) is 10.2. The smallest absolute Gasteiger partial charge is 0.193 e. The molecule has 3 aromatic heterocycles. The number of rotatable bonds is 3. The van der Waals surface area contributed by atoms with Gasteiger partial charge in [0.15, 0.2) is 5.43 Å². The summed E-state index contributed by atoms with van der Waals surface area (Å²) in [5.41, 5.74) is 1.61. The number of halogens is 1. The van der Waals surface area contributed by atoms with Crippen LogP contribution in [0, 0.1) is 0 Å². The molecule has 0 saturated carbocycles. The Morgan fingerprint density at radius 1 is 1.33 bits per heavy atom. The van der Waals surface area contributed by atoms with Gasteiger partial charge in [0.2, 0.25) is 0 Å². The maximum Gasteiger partial charge on any atom is 0.193 e. The lowest BCUT2D eigenvalue weighted by molar-refractivity contribution is 0.0993. The summed E-state index contributed by atoms with van der Waals surface area (Å²) in [5.74, 6) is 0.620. The SMILES string of the molecule is C[C@]12CCCC(C/C(=C\c3ccc(-c4c[nH]c(-n5ccnc5)cc4=O)nn3)[C@@H]1F)N2. The van der Waals surface area contributed by atoms with Gasteiger partial charge in [0.05, 0.1) is 22.5 Å². The maximum atomic E-state index is 15.1. The average Bonchev–Trinajstić information content (AvgIpc) is 3.28. The third kappa shape index (κ3) is 3.37. The molecule has 2 aliphatic heterocycles. The predicted octanol–water partition coefficient (Wildman–Crippen LogP) is 3.04. The minimum Gasteiger partial charge on any atom is -0.347 e. The summed E-state index contributed by atoms with van der Waals surface area (Å²) in [5, 5.41) is 11.9. The average molecular weight is 406 g/mol. The highest BCUT2D eigenvalue weighted by Gasteiger charge is 2.45. The van der Waals surface area contributed by atoms with Crippen LogP contribution in [0.5, 0.6) is 0 Å². The molecule has 2 aliphatic rings. The van der Waals surface area contributed by atoms with E-state index in [1.165, 1.54) is 6.07 Å². The van der Waals surface area contributed by atoms with E-state index in [1.54, 1.807) is 41.6 Å². The van der Waals surface area contributed by atoms with Crippen molar-refractivity contribution in [2.45, 2.75) is 50.4 Å². The molecule has 3 aromatic rings. The number of nitrogens with zero attached hydrogens (tertiary/aromatic N) is 4. The Morgan fingerprint density at radius 2 is 2.23 bits per heavy atom. The minimum atomic E-state index is -1.03. The topological polar surface area (TPSA) is 88.5 Å². The quantitative estimate of drug-likeness (QED) is 0.698. The first-order valence-corrected chi connectivity index (χ1v) is 10.2. The standard InChI is InChI=1S/C22H23FN6O/c1-22-6-2-3-15(26-22)9-14(21(22)23)10-16-4-5-18(28-27-16)17-12-25-20(11-19(17)30)29-8-7-24-13-29/h4-5,7-8,10-13,15,21,26H,2-3,6,9H2,1H3,(H,25,30)/b14-10+/t15?,21-,22-/m0/s1. The molecule has 0 amide bonds. The van der Waals surface area contributed by atoms with Crippen LogP contribution in [0.15, 0.2) is 53.5 Å². The molecule has 2 fully saturated rings. The van der Waals surface area contributed by atoms with Crippen LogP contribution in [0.4, 0.5) is 4.39 Å². The zero-order valence-electron chi connectivity index (χ0n) is 16.7. The fourth-order valence-electron chi connectivity index (χ4n) is 4.57. The predicted molar refractivity (Wildman–Crippen MR) is 112 cm³/mol. The summed E-state index contributed by atoms with van der Waals surface area (Å²) in [4.78, 5) is 19.6. The van der Waals surface area contributed by atoms with Gasteiger partial charge >= 0.3 is 0 Å². The van der Waals surface area contributed by atoms with Gasteiger partial charge in [-0.15, -0.1) is 5.10 Å². The second-order valence-corrected chi connectivity index (χ2v) is 8.35. The third-order valence-electron chi connectivity index (χ3n) is 6.12. The molecule has 2 bridgehead atoms. The number of fused-ring (bicyclic) bond motifs is 2. The third-order valence-corrected chi connectivity index (χ3v) is 6.12. The summed E-state index contributed by atoms with van der Waals surface area (Å²) in [7, 11) is 0. The van der Waals surface area contributed by atoms with Crippen molar-refractivity contribution in [2.24, 2.45) is 0 Å². The van der Waals surface area contributed by atoms with Crippen LogP contribution >= 0.6 is 0 Å². The van der Waals surface area contributed by atoms with Crippen molar-refractivity contribution in [3.63, 3.8) is 0 Å². The number of piperidine rings is 2. The second kappa shape index (κ2) is 7.28. The molecule has 30 heavy (non-hydrogen) atoms. The number of H-pyrrole nitrogens is 1. The number of imidazole rings is 1. The van der Waals surface area contributed by atoms with Crippen LogP contribution in [0.3, 0.4) is 0 Å². The normalized spacial score (nSPS) is 27.3. The number of hydrogen-bond acceptors (Lipinski definition) is 5. The molecule has 0 spiro atoms. The van der Waals surface area contributed by atoms with E-state index < -0.39 is 11.7 Å². The summed E-state index contributed by atoms with van der Waals surface area (Å²) in [6.45, 7) is 1.96. The largest absolute Gasteiger partial charge is 0.347 e. The lowest BCUT2D eigenvalue weighted by Gasteiger charge is -2.47.